The predicted molar refractivity (Wildman–Crippen MR) is 63.6 cm³/mol. The van der Waals surface area contributed by atoms with E-state index >= 15 is 0 Å². The molecule has 1 aromatic rings. The van der Waals surface area contributed by atoms with Crippen LogP contribution in [-0.2, 0) is 19.4 Å². The van der Waals surface area contributed by atoms with Crippen LogP contribution in [0.4, 0.5) is 0 Å². The van der Waals surface area contributed by atoms with Gasteiger partial charge in [-0.05, 0) is 31.7 Å². The van der Waals surface area contributed by atoms with Crippen LogP contribution in [0, 0.1) is 5.92 Å². The summed E-state index contributed by atoms with van der Waals surface area (Å²) in [6.07, 6.45) is 5.45. The molecule has 3 heterocycles. The van der Waals surface area contributed by atoms with Gasteiger partial charge in [0, 0.05) is 32.0 Å². The normalized spacial score (nSPS) is 28.3. The molecular weight excluding hydrogens is 216 g/mol. The summed E-state index contributed by atoms with van der Waals surface area (Å²) in [4.78, 5) is 0. The fourth-order valence-electron chi connectivity index (χ4n) is 2.91. The summed E-state index contributed by atoms with van der Waals surface area (Å²) in [5, 5.41) is 21.3. The molecule has 5 heteroatoms. The second-order valence-electron chi connectivity index (χ2n) is 5.22. The standard InChI is InChI=1S/C12H20N4O/c17-8-9-3-5-16-11(6-9)14-15-12(16)7-10-2-1-4-13-10/h9-10,13,17H,1-8H2. The summed E-state index contributed by atoms with van der Waals surface area (Å²) in [5.41, 5.74) is 0. The van der Waals surface area contributed by atoms with Crippen molar-refractivity contribution in [2.45, 2.75) is 44.7 Å². The lowest BCUT2D eigenvalue weighted by molar-refractivity contribution is 0.198. The molecule has 2 N–H and O–H groups in total. The summed E-state index contributed by atoms with van der Waals surface area (Å²) < 4.78 is 2.26. The third-order valence-electron chi connectivity index (χ3n) is 3.99. The number of aliphatic hydroxyl groups excluding tert-OH is 1. The number of fused-ring (bicyclic) bond motifs is 1. The van der Waals surface area contributed by atoms with Gasteiger partial charge >= 0.3 is 0 Å². The SMILES string of the molecule is OCC1CCn2c(nnc2CC2CCCN2)C1. The van der Waals surface area contributed by atoms with E-state index < -0.39 is 0 Å². The van der Waals surface area contributed by atoms with E-state index in [1.165, 1.54) is 12.8 Å². The zero-order valence-electron chi connectivity index (χ0n) is 10.1. The van der Waals surface area contributed by atoms with Gasteiger partial charge in [-0.15, -0.1) is 10.2 Å². The van der Waals surface area contributed by atoms with Crippen LogP contribution < -0.4 is 5.32 Å². The smallest absolute Gasteiger partial charge is 0.134 e. The number of rotatable bonds is 3. The van der Waals surface area contributed by atoms with Crippen LogP contribution in [-0.4, -0.2) is 39.1 Å². The molecule has 1 fully saturated rings. The van der Waals surface area contributed by atoms with Crippen molar-refractivity contribution in [3.63, 3.8) is 0 Å². The molecular formula is C12H20N4O. The van der Waals surface area contributed by atoms with E-state index in [-0.39, 0.29) is 6.61 Å². The van der Waals surface area contributed by atoms with Crippen LogP contribution in [0.15, 0.2) is 0 Å². The molecule has 0 amide bonds. The maximum Gasteiger partial charge on any atom is 0.134 e. The molecule has 5 nitrogen and oxygen atoms in total. The van der Waals surface area contributed by atoms with Crippen LogP contribution in [0.3, 0.4) is 0 Å². The molecule has 0 radical (unpaired) electrons. The van der Waals surface area contributed by atoms with Crippen molar-refractivity contribution < 1.29 is 5.11 Å². The Hall–Kier alpha value is -0.940. The quantitative estimate of drug-likeness (QED) is 0.783. The zero-order chi connectivity index (χ0) is 11.7. The highest BCUT2D eigenvalue weighted by Crippen LogP contribution is 2.21. The van der Waals surface area contributed by atoms with E-state index in [0.29, 0.717) is 12.0 Å². The van der Waals surface area contributed by atoms with E-state index in [1.54, 1.807) is 0 Å². The Morgan fingerprint density at radius 1 is 1.35 bits per heavy atom. The van der Waals surface area contributed by atoms with Gasteiger partial charge in [-0.3, -0.25) is 0 Å². The highest BCUT2D eigenvalue weighted by atomic mass is 16.3. The minimum absolute atomic E-state index is 0.270. The Morgan fingerprint density at radius 2 is 2.29 bits per heavy atom. The van der Waals surface area contributed by atoms with Gasteiger partial charge in [-0.2, -0.15) is 0 Å². The molecule has 0 saturated carbocycles. The maximum absolute atomic E-state index is 9.19. The minimum Gasteiger partial charge on any atom is -0.396 e. The molecule has 0 aromatic carbocycles. The van der Waals surface area contributed by atoms with Gasteiger partial charge < -0.3 is 15.0 Å². The van der Waals surface area contributed by atoms with Gasteiger partial charge in [0.15, 0.2) is 0 Å². The van der Waals surface area contributed by atoms with Crippen LogP contribution in [0.25, 0.3) is 0 Å². The first-order chi connectivity index (χ1) is 8.36. The Bertz CT molecular complexity index is 384. The van der Waals surface area contributed by atoms with Crippen molar-refractivity contribution in [2.75, 3.05) is 13.2 Å². The molecule has 2 atom stereocenters. The molecule has 94 valence electrons. The van der Waals surface area contributed by atoms with Crippen molar-refractivity contribution in [3.8, 4) is 0 Å². The molecule has 2 aliphatic heterocycles. The van der Waals surface area contributed by atoms with Gasteiger partial charge in [0.25, 0.3) is 0 Å². The highest BCUT2D eigenvalue weighted by Gasteiger charge is 2.24. The van der Waals surface area contributed by atoms with E-state index in [4.69, 9.17) is 0 Å². The third-order valence-corrected chi connectivity index (χ3v) is 3.99. The molecule has 1 aromatic heterocycles. The largest absolute Gasteiger partial charge is 0.396 e. The van der Waals surface area contributed by atoms with E-state index in [0.717, 1.165) is 44.0 Å². The molecule has 2 aliphatic rings. The van der Waals surface area contributed by atoms with Crippen molar-refractivity contribution in [1.82, 2.24) is 20.1 Å². The minimum atomic E-state index is 0.270. The number of aliphatic hydroxyl groups is 1. The second-order valence-corrected chi connectivity index (χ2v) is 5.22. The van der Waals surface area contributed by atoms with Gasteiger partial charge in [0.1, 0.15) is 11.6 Å². The third kappa shape index (κ3) is 2.21. The molecule has 0 bridgehead atoms. The van der Waals surface area contributed by atoms with Gasteiger partial charge in [-0.25, -0.2) is 0 Å². The number of hydrogen-bond donors (Lipinski definition) is 2. The number of hydrogen-bond acceptors (Lipinski definition) is 4. The van der Waals surface area contributed by atoms with Gasteiger partial charge in [-0.1, -0.05) is 0 Å². The monoisotopic (exact) mass is 236 g/mol. The van der Waals surface area contributed by atoms with E-state index in [1.807, 2.05) is 0 Å². The summed E-state index contributed by atoms with van der Waals surface area (Å²) in [5.74, 6) is 2.56. The number of nitrogens with zero attached hydrogens (tertiary/aromatic N) is 3. The number of nitrogens with one attached hydrogen (secondary N) is 1. The summed E-state index contributed by atoms with van der Waals surface area (Å²) in [6, 6.07) is 0.582. The topological polar surface area (TPSA) is 63.0 Å². The molecule has 17 heavy (non-hydrogen) atoms. The first kappa shape index (κ1) is 11.2. The molecule has 3 rings (SSSR count). The average Bonchev–Trinajstić information content (AvgIpc) is 2.99. The lowest BCUT2D eigenvalue weighted by Gasteiger charge is -2.22. The average molecular weight is 236 g/mol. The molecule has 2 unspecified atom stereocenters. The lowest BCUT2D eigenvalue weighted by atomic mass is 9.99. The Morgan fingerprint density at radius 3 is 3.06 bits per heavy atom. The van der Waals surface area contributed by atoms with Crippen molar-refractivity contribution >= 4 is 0 Å². The maximum atomic E-state index is 9.19. The summed E-state index contributed by atoms with van der Waals surface area (Å²) >= 11 is 0. The second kappa shape index (κ2) is 4.74. The summed E-state index contributed by atoms with van der Waals surface area (Å²) in [6.45, 7) is 2.38. The van der Waals surface area contributed by atoms with Crippen molar-refractivity contribution in [3.05, 3.63) is 11.6 Å². The first-order valence-electron chi connectivity index (χ1n) is 6.62. The number of aromatic nitrogens is 3. The van der Waals surface area contributed by atoms with Gasteiger partial charge in [0.05, 0.1) is 0 Å². The Kier molecular flexibility index (Phi) is 3.11. The Balaban J connectivity index is 1.72. The first-order valence-corrected chi connectivity index (χ1v) is 6.62. The molecule has 0 aliphatic carbocycles. The van der Waals surface area contributed by atoms with Gasteiger partial charge in [0.2, 0.25) is 0 Å². The highest BCUT2D eigenvalue weighted by molar-refractivity contribution is 5.02. The molecule has 0 spiro atoms. The lowest BCUT2D eigenvalue weighted by Crippen LogP contribution is -2.27. The fraction of sp³-hybridized carbons (Fsp3) is 0.833. The van der Waals surface area contributed by atoms with E-state index in [9.17, 15) is 5.11 Å². The van der Waals surface area contributed by atoms with Crippen molar-refractivity contribution in [1.29, 1.82) is 0 Å². The molecule has 1 saturated heterocycles. The van der Waals surface area contributed by atoms with Crippen LogP contribution in [0.2, 0.25) is 0 Å². The van der Waals surface area contributed by atoms with Crippen LogP contribution in [0.1, 0.15) is 30.9 Å². The van der Waals surface area contributed by atoms with Crippen LogP contribution in [0.5, 0.6) is 0 Å². The Labute approximate surface area is 101 Å². The predicted octanol–water partition coefficient (Wildman–Crippen LogP) is 0.127. The van der Waals surface area contributed by atoms with E-state index in [2.05, 4.69) is 20.1 Å². The van der Waals surface area contributed by atoms with Crippen LogP contribution >= 0.6 is 0 Å². The fourth-order valence-corrected chi connectivity index (χ4v) is 2.91. The van der Waals surface area contributed by atoms with Crippen molar-refractivity contribution in [2.24, 2.45) is 5.92 Å². The summed E-state index contributed by atoms with van der Waals surface area (Å²) in [7, 11) is 0. The zero-order valence-corrected chi connectivity index (χ0v) is 10.1.